The summed E-state index contributed by atoms with van der Waals surface area (Å²) in [6.07, 6.45) is 23.8. The highest BCUT2D eigenvalue weighted by Crippen LogP contribution is 2.39. The van der Waals surface area contributed by atoms with E-state index < -0.39 is 0 Å². The number of rotatable bonds is 7. The topological polar surface area (TPSA) is 9.23 Å². The fourth-order valence-electron chi connectivity index (χ4n) is 6.63. The molecular weight excluding hydrogens is 532 g/mol. The van der Waals surface area contributed by atoms with Crippen molar-refractivity contribution in [3.8, 4) is 16.9 Å². The van der Waals surface area contributed by atoms with Gasteiger partial charge in [-0.25, -0.2) is 0 Å². The van der Waals surface area contributed by atoms with Gasteiger partial charge < -0.3 is 4.74 Å². The highest BCUT2D eigenvalue weighted by molar-refractivity contribution is 5.88. The second-order valence-corrected chi connectivity index (χ2v) is 11.9. The lowest BCUT2D eigenvalue weighted by Gasteiger charge is -2.22. The highest BCUT2D eigenvalue weighted by atomic mass is 16.5. The first-order valence-electron chi connectivity index (χ1n) is 15.8. The first-order chi connectivity index (χ1) is 21.7. The van der Waals surface area contributed by atoms with Gasteiger partial charge in [-0.15, -0.1) is 0 Å². The minimum atomic E-state index is 0.343. The van der Waals surface area contributed by atoms with Gasteiger partial charge in [-0.05, 0) is 118 Å². The number of ether oxygens (including phenoxy) is 1. The van der Waals surface area contributed by atoms with Gasteiger partial charge in [-0.2, -0.15) is 0 Å². The van der Waals surface area contributed by atoms with Crippen LogP contribution in [0, 0.1) is 0 Å². The SMILES string of the molecule is COc1cc(C2=CCCC(c3cccc(-c4ccccc4)c3)=C2)cc(C2=CC=CC(c3cccc(C4=CCCC=C4)c3)C2)c1. The van der Waals surface area contributed by atoms with Gasteiger partial charge in [0.25, 0.3) is 0 Å². The number of hydrogen-bond donors (Lipinski definition) is 0. The van der Waals surface area contributed by atoms with Gasteiger partial charge >= 0.3 is 0 Å². The minimum absolute atomic E-state index is 0.343. The Bertz CT molecular complexity index is 1860. The largest absolute Gasteiger partial charge is 0.497 e. The van der Waals surface area contributed by atoms with Crippen LogP contribution in [-0.4, -0.2) is 7.11 Å². The summed E-state index contributed by atoms with van der Waals surface area (Å²) in [4.78, 5) is 0. The average molecular weight is 571 g/mol. The highest BCUT2D eigenvalue weighted by Gasteiger charge is 2.18. The molecule has 0 saturated heterocycles. The Labute approximate surface area is 261 Å². The van der Waals surface area contributed by atoms with Crippen molar-refractivity contribution in [3.05, 3.63) is 173 Å². The van der Waals surface area contributed by atoms with Gasteiger partial charge in [-0.1, -0.05) is 121 Å². The first-order valence-corrected chi connectivity index (χ1v) is 15.8. The molecule has 0 bridgehead atoms. The Morgan fingerprint density at radius 3 is 2.25 bits per heavy atom. The van der Waals surface area contributed by atoms with Crippen LogP contribution in [0.15, 0.2) is 146 Å². The Morgan fingerprint density at radius 1 is 0.614 bits per heavy atom. The molecule has 1 unspecified atom stereocenters. The van der Waals surface area contributed by atoms with E-state index in [0.29, 0.717) is 5.92 Å². The summed E-state index contributed by atoms with van der Waals surface area (Å²) < 4.78 is 5.84. The van der Waals surface area contributed by atoms with Gasteiger partial charge in [0.05, 0.1) is 7.11 Å². The standard InChI is InChI=1S/C43H38O/c1-44-43-29-41(39-22-10-20-37(26-39)35-18-8-16-33(24-35)31-12-4-2-5-13-31)28-42(30-43)40-23-11-21-38(27-40)36-19-9-17-34(25-36)32-14-6-3-7-15-32/h2,4-6,8-9,11-19,21-26,28-30,38H,3,7,10,20,27H2,1H3. The average Bonchev–Trinajstić information content (AvgIpc) is 3.12. The molecule has 0 heterocycles. The molecule has 3 aliphatic rings. The van der Waals surface area contributed by atoms with E-state index >= 15 is 0 Å². The van der Waals surface area contributed by atoms with Crippen molar-refractivity contribution in [3.63, 3.8) is 0 Å². The molecule has 0 fully saturated rings. The van der Waals surface area contributed by atoms with Gasteiger partial charge in [0.15, 0.2) is 0 Å². The summed E-state index contributed by atoms with van der Waals surface area (Å²) in [5, 5.41) is 0. The molecular formula is C43H38O. The quantitative estimate of drug-likeness (QED) is 0.215. The predicted molar refractivity (Wildman–Crippen MR) is 187 cm³/mol. The molecule has 1 nitrogen and oxygen atoms in total. The smallest absolute Gasteiger partial charge is 0.120 e. The molecule has 0 aromatic heterocycles. The van der Waals surface area contributed by atoms with Crippen LogP contribution in [0.2, 0.25) is 0 Å². The lowest BCUT2D eigenvalue weighted by Crippen LogP contribution is -2.02. The van der Waals surface area contributed by atoms with Crippen molar-refractivity contribution in [1.29, 1.82) is 0 Å². The molecule has 0 saturated carbocycles. The molecule has 7 rings (SSSR count). The number of benzene rings is 4. The number of hydrogen-bond acceptors (Lipinski definition) is 1. The van der Waals surface area contributed by atoms with E-state index in [0.717, 1.165) is 37.9 Å². The van der Waals surface area contributed by atoms with Gasteiger partial charge in [0.1, 0.15) is 5.75 Å². The van der Waals surface area contributed by atoms with E-state index in [1.165, 1.54) is 61.2 Å². The zero-order valence-electron chi connectivity index (χ0n) is 25.4. The number of methoxy groups -OCH3 is 1. The van der Waals surface area contributed by atoms with Crippen LogP contribution < -0.4 is 4.74 Å². The van der Waals surface area contributed by atoms with Crippen LogP contribution in [0.25, 0.3) is 33.4 Å². The van der Waals surface area contributed by atoms with Gasteiger partial charge in [0.2, 0.25) is 0 Å². The molecule has 216 valence electrons. The molecule has 1 heteroatoms. The third kappa shape index (κ3) is 6.10. The van der Waals surface area contributed by atoms with Crippen LogP contribution in [-0.2, 0) is 0 Å². The molecule has 0 N–H and O–H groups in total. The molecule has 0 spiro atoms. The maximum Gasteiger partial charge on any atom is 0.120 e. The summed E-state index contributed by atoms with van der Waals surface area (Å²) in [5.74, 6) is 1.24. The molecule has 3 aliphatic carbocycles. The lowest BCUT2D eigenvalue weighted by molar-refractivity contribution is 0.414. The minimum Gasteiger partial charge on any atom is -0.497 e. The maximum atomic E-state index is 5.84. The molecule has 44 heavy (non-hydrogen) atoms. The zero-order valence-corrected chi connectivity index (χ0v) is 25.4. The van der Waals surface area contributed by atoms with Crippen molar-refractivity contribution in [2.24, 2.45) is 0 Å². The van der Waals surface area contributed by atoms with Crippen LogP contribution in [0.4, 0.5) is 0 Å². The normalized spacial score (nSPS) is 17.8. The molecule has 0 radical (unpaired) electrons. The van der Waals surface area contributed by atoms with Crippen LogP contribution in [0.3, 0.4) is 0 Å². The van der Waals surface area contributed by atoms with E-state index in [9.17, 15) is 0 Å². The second-order valence-electron chi connectivity index (χ2n) is 11.9. The predicted octanol–water partition coefficient (Wildman–Crippen LogP) is 11.5. The van der Waals surface area contributed by atoms with Crippen LogP contribution in [0.5, 0.6) is 5.75 Å². The van der Waals surface area contributed by atoms with E-state index in [4.69, 9.17) is 4.74 Å². The zero-order chi connectivity index (χ0) is 29.7. The van der Waals surface area contributed by atoms with Crippen molar-refractivity contribution < 1.29 is 4.74 Å². The maximum absolute atomic E-state index is 5.84. The Balaban J connectivity index is 1.16. The third-order valence-corrected chi connectivity index (χ3v) is 9.02. The Morgan fingerprint density at radius 2 is 1.39 bits per heavy atom. The van der Waals surface area contributed by atoms with Crippen LogP contribution >= 0.6 is 0 Å². The van der Waals surface area contributed by atoms with Gasteiger partial charge in [0, 0.05) is 5.92 Å². The summed E-state index contributed by atoms with van der Waals surface area (Å²) >= 11 is 0. The summed E-state index contributed by atoms with van der Waals surface area (Å²) in [7, 11) is 1.77. The third-order valence-electron chi connectivity index (χ3n) is 9.02. The van der Waals surface area contributed by atoms with E-state index in [1.807, 2.05) is 0 Å². The fourth-order valence-corrected chi connectivity index (χ4v) is 6.63. The van der Waals surface area contributed by atoms with Crippen molar-refractivity contribution >= 4 is 22.3 Å². The molecule has 4 aromatic carbocycles. The van der Waals surface area contributed by atoms with E-state index in [1.54, 1.807) is 7.11 Å². The van der Waals surface area contributed by atoms with Gasteiger partial charge in [-0.3, -0.25) is 0 Å². The van der Waals surface area contributed by atoms with E-state index in [-0.39, 0.29) is 0 Å². The Kier molecular flexibility index (Phi) is 8.11. The van der Waals surface area contributed by atoms with Crippen molar-refractivity contribution in [2.45, 2.75) is 38.0 Å². The number of allylic oxidation sites excluding steroid dienone is 12. The summed E-state index contributed by atoms with van der Waals surface area (Å²) in [6.45, 7) is 0. The lowest BCUT2D eigenvalue weighted by atomic mass is 9.83. The molecule has 0 aliphatic heterocycles. The fraction of sp³-hybridized carbons (Fsp3) is 0.163. The monoisotopic (exact) mass is 570 g/mol. The second kappa shape index (κ2) is 12.8. The van der Waals surface area contributed by atoms with E-state index in [2.05, 4.69) is 146 Å². The van der Waals surface area contributed by atoms with Crippen molar-refractivity contribution in [1.82, 2.24) is 0 Å². The Hall–Kier alpha value is -4.88. The first kappa shape index (κ1) is 27.9. The molecule has 0 amide bonds. The summed E-state index contributed by atoms with van der Waals surface area (Å²) in [6, 6.07) is 35.4. The molecule has 1 atom stereocenters. The van der Waals surface area contributed by atoms with Crippen LogP contribution in [0.1, 0.15) is 65.8 Å². The molecule has 4 aromatic rings. The van der Waals surface area contributed by atoms with Crippen molar-refractivity contribution in [2.75, 3.05) is 7.11 Å². The summed E-state index contributed by atoms with van der Waals surface area (Å²) in [5.41, 5.74) is 14.3.